The van der Waals surface area contributed by atoms with Crippen molar-refractivity contribution in [3.63, 3.8) is 0 Å². The summed E-state index contributed by atoms with van der Waals surface area (Å²) < 4.78 is 0. The van der Waals surface area contributed by atoms with Crippen molar-refractivity contribution in [1.29, 1.82) is 0 Å². The van der Waals surface area contributed by atoms with E-state index in [0.29, 0.717) is 28.3 Å². The van der Waals surface area contributed by atoms with Gasteiger partial charge in [-0.2, -0.15) is 0 Å². The van der Waals surface area contributed by atoms with Crippen molar-refractivity contribution in [2.75, 3.05) is 5.32 Å². The predicted molar refractivity (Wildman–Crippen MR) is 111 cm³/mol. The fraction of sp³-hybridized carbons (Fsp3) is 0.421. The third kappa shape index (κ3) is 4.00. The Hall–Kier alpha value is -1.14. The number of halogens is 1. The molecule has 1 aromatic heterocycles. The van der Waals surface area contributed by atoms with Crippen molar-refractivity contribution in [3.05, 3.63) is 51.7 Å². The quantitative estimate of drug-likeness (QED) is 0.726. The maximum Gasteiger partial charge on any atom is 0.171 e. The van der Waals surface area contributed by atoms with Crippen LogP contribution in [0.1, 0.15) is 30.6 Å². The summed E-state index contributed by atoms with van der Waals surface area (Å²) >= 11 is 13.6. The van der Waals surface area contributed by atoms with Gasteiger partial charge in [0.25, 0.3) is 0 Å². The number of rotatable bonds is 4. The Bertz CT molecular complexity index is 720. The first kappa shape index (κ1) is 17.3. The molecule has 0 amide bonds. The maximum atomic E-state index is 6.20. The molecule has 1 aromatic carbocycles. The molecule has 0 aliphatic carbocycles. The lowest BCUT2D eigenvalue weighted by Crippen LogP contribution is -2.50. The lowest BCUT2D eigenvalue weighted by Gasteiger charge is -2.39. The van der Waals surface area contributed by atoms with E-state index in [4.69, 9.17) is 23.8 Å². The van der Waals surface area contributed by atoms with E-state index in [1.807, 2.05) is 35.6 Å². The average Bonchev–Trinajstić information content (AvgIpc) is 3.17. The molecule has 2 aliphatic heterocycles. The zero-order valence-electron chi connectivity index (χ0n) is 14.0. The molecule has 6 heteroatoms. The van der Waals surface area contributed by atoms with Gasteiger partial charge in [-0.25, -0.2) is 0 Å². The molecular weight excluding hydrogens is 370 g/mol. The van der Waals surface area contributed by atoms with Crippen molar-refractivity contribution in [1.82, 2.24) is 10.2 Å². The van der Waals surface area contributed by atoms with Gasteiger partial charge in [-0.1, -0.05) is 29.8 Å². The van der Waals surface area contributed by atoms with Crippen LogP contribution in [0.15, 0.2) is 41.8 Å². The molecule has 2 N–H and O–H groups in total. The first-order valence-corrected chi connectivity index (χ1v) is 10.5. The van der Waals surface area contributed by atoms with Gasteiger partial charge in [0.1, 0.15) is 0 Å². The fourth-order valence-corrected chi connectivity index (χ4v) is 5.31. The number of fused-ring (bicyclic) bond motifs is 2. The van der Waals surface area contributed by atoms with Crippen molar-refractivity contribution in [3.8, 4) is 0 Å². The van der Waals surface area contributed by atoms with Crippen molar-refractivity contribution < 1.29 is 0 Å². The minimum Gasteiger partial charge on any atom is -0.360 e. The lowest BCUT2D eigenvalue weighted by atomic mass is 9.97. The van der Waals surface area contributed by atoms with Gasteiger partial charge in [0.05, 0.1) is 10.7 Å². The third-order valence-corrected chi connectivity index (χ3v) is 6.67. The summed E-state index contributed by atoms with van der Waals surface area (Å²) in [5.41, 5.74) is 0.861. The van der Waals surface area contributed by atoms with Gasteiger partial charge in [-0.3, -0.25) is 4.90 Å². The Kier molecular flexibility index (Phi) is 5.27. The van der Waals surface area contributed by atoms with Crippen LogP contribution in [0.5, 0.6) is 0 Å². The second kappa shape index (κ2) is 7.62. The van der Waals surface area contributed by atoms with Gasteiger partial charge in [-0.15, -0.1) is 11.3 Å². The van der Waals surface area contributed by atoms with Crippen LogP contribution in [0.3, 0.4) is 0 Å². The van der Waals surface area contributed by atoms with Crippen molar-refractivity contribution in [2.24, 2.45) is 0 Å². The van der Waals surface area contributed by atoms with E-state index in [1.165, 1.54) is 17.7 Å². The van der Waals surface area contributed by atoms with E-state index in [9.17, 15) is 0 Å². The summed E-state index contributed by atoms with van der Waals surface area (Å²) in [5.74, 6) is 0. The second-order valence-corrected chi connectivity index (χ2v) is 8.73. The topological polar surface area (TPSA) is 27.3 Å². The van der Waals surface area contributed by atoms with Crippen molar-refractivity contribution in [2.45, 2.75) is 50.4 Å². The van der Waals surface area contributed by atoms with E-state index in [2.05, 4.69) is 33.0 Å². The fourth-order valence-electron chi connectivity index (χ4n) is 4.14. The molecule has 132 valence electrons. The normalized spacial score (nSPS) is 25.7. The summed E-state index contributed by atoms with van der Waals surface area (Å²) in [7, 11) is 0. The zero-order valence-corrected chi connectivity index (χ0v) is 16.3. The summed E-state index contributed by atoms with van der Waals surface area (Å²) in [6, 6.07) is 13.9. The standard InChI is InChI=1S/C19H22ClN3S2/c20-17-5-1-2-6-18(17)22-19(24)21-13-10-14-7-8-15(11-13)23(14)12-16-4-3-9-25-16/h1-6,9,13-15H,7-8,10-12H2,(H2,21,22,24). The molecule has 25 heavy (non-hydrogen) atoms. The molecule has 2 atom stereocenters. The summed E-state index contributed by atoms with van der Waals surface area (Å²) in [6.07, 6.45) is 4.93. The van der Waals surface area contributed by atoms with Crippen LogP contribution in [0.4, 0.5) is 5.69 Å². The molecule has 2 aliphatic rings. The Balaban J connectivity index is 1.33. The molecule has 2 aromatic rings. The summed E-state index contributed by atoms with van der Waals surface area (Å²) in [6.45, 7) is 1.10. The number of para-hydroxylation sites is 1. The number of piperidine rings is 1. The number of hydrogen-bond donors (Lipinski definition) is 2. The van der Waals surface area contributed by atoms with Crippen LogP contribution in [-0.2, 0) is 6.54 Å². The minimum absolute atomic E-state index is 0.444. The van der Waals surface area contributed by atoms with Gasteiger partial charge in [0, 0.05) is 29.5 Å². The van der Waals surface area contributed by atoms with Crippen LogP contribution in [0.25, 0.3) is 0 Å². The summed E-state index contributed by atoms with van der Waals surface area (Å²) in [4.78, 5) is 4.17. The SMILES string of the molecule is S=C(Nc1ccccc1Cl)NC1CC2CCC(C1)N2Cc1cccs1. The number of nitrogens with one attached hydrogen (secondary N) is 2. The molecule has 3 nitrogen and oxygen atoms in total. The zero-order chi connectivity index (χ0) is 17.2. The highest BCUT2D eigenvalue weighted by Crippen LogP contribution is 2.37. The Labute approximate surface area is 163 Å². The van der Waals surface area contributed by atoms with Crippen molar-refractivity contribution >= 4 is 46.0 Å². The molecule has 2 bridgehead atoms. The molecular formula is C19H22ClN3S2. The second-order valence-electron chi connectivity index (χ2n) is 6.88. The van der Waals surface area contributed by atoms with E-state index in [1.54, 1.807) is 0 Å². The maximum absolute atomic E-state index is 6.20. The molecule has 2 unspecified atom stereocenters. The molecule has 2 saturated heterocycles. The first-order chi connectivity index (χ1) is 12.2. The summed E-state index contributed by atoms with van der Waals surface area (Å²) in [5, 5.41) is 10.3. The van der Waals surface area contributed by atoms with Crippen LogP contribution < -0.4 is 10.6 Å². The predicted octanol–water partition coefficient (Wildman–Crippen LogP) is 4.88. The number of nitrogens with zero attached hydrogens (tertiary/aromatic N) is 1. The highest BCUT2D eigenvalue weighted by molar-refractivity contribution is 7.80. The number of benzene rings is 1. The molecule has 4 rings (SSSR count). The largest absolute Gasteiger partial charge is 0.360 e. The Morgan fingerprint density at radius 1 is 1.16 bits per heavy atom. The molecule has 3 heterocycles. The molecule has 2 fully saturated rings. The molecule has 0 saturated carbocycles. The van der Waals surface area contributed by atoms with Crippen LogP contribution in [0, 0.1) is 0 Å². The van der Waals surface area contributed by atoms with E-state index >= 15 is 0 Å². The van der Waals surface area contributed by atoms with Crippen LogP contribution >= 0.6 is 35.2 Å². The third-order valence-electron chi connectivity index (χ3n) is 5.26. The number of thiocarbonyl (C=S) groups is 1. The van der Waals surface area contributed by atoms with Crippen LogP contribution in [-0.4, -0.2) is 28.1 Å². The van der Waals surface area contributed by atoms with Gasteiger partial charge in [0.15, 0.2) is 5.11 Å². The van der Waals surface area contributed by atoms with Gasteiger partial charge >= 0.3 is 0 Å². The average molecular weight is 392 g/mol. The number of hydrogen-bond acceptors (Lipinski definition) is 3. The Morgan fingerprint density at radius 2 is 1.92 bits per heavy atom. The van der Waals surface area contributed by atoms with Gasteiger partial charge < -0.3 is 10.6 Å². The highest BCUT2D eigenvalue weighted by atomic mass is 35.5. The smallest absolute Gasteiger partial charge is 0.171 e. The number of anilines is 1. The van der Waals surface area contributed by atoms with Crippen LogP contribution in [0.2, 0.25) is 5.02 Å². The minimum atomic E-state index is 0.444. The van der Waals surface area contributed by atoms with Gasteiger partial charge in [0.2, 0.25) is 0 Å². The van der Waals surface area contributed by atoms with E-state index in [-0.39, 0.29) is 0 Å². The van der Waals surface area contributed by atoms with Gasteiger partial charge in [-0.05, 0) is 61.5 Å². The monoisotopic (exact) mass is 391 g/mol. The molecule has 0 radical (unpaired) electrons. The molecule has 0 spiro atoms. The first-order valence-electron chi connectivity index (χ1n) is 8.79. The number of thiophene rings is 1. The van der Waals surface area contributed by atoms with E-state index in [0.717, 1.165) is 25.1 Å². The highest BCUT2D eigenvalue weighted by Gasteiger charge is 2.40. The Morgan fingerprint density at radius 3 is 2.60 bits per heavy atom. The van der Waals surface area contributed by atoms with E-state index < -0.39 is 0 Å². The lowest BCUT2D eigenvalue weighted by molar-refractivity contribution is 0.116.